The molecule has 0 radical (unpaired) electrons. The second-order valence-corrected chi connectivity index (χ2v) is 6.27. The van der Waals surface area contributed by atoms with Crippen molar-refractivity contribution in [2.75, 3.05) is 13.2 Å². The smallest absolute Gasteiger partial charge is 0.169 e. The van der Waals surface area contributed by atoms with Crippen molar-refractivity contribution in [2.24, 2.45) is 0 Å². The lowest BCUT2D eigenvalue weighted by atomic mass is 9.94. The zero-order valence-electron chi connectivity index (χ0n) is 11.6. The third-order valence-electron chi connectivity index (χ3n) is 3.86. The van der Waals surface area contributed by atoms with E-state index in [1.807, 2.05) is 6.07 Å². The molecule has 0 aliphatic heterocycles. The van der Waals surface area contributed by atoms with E-state index in [0.717, 1.165) is 18.0 Å². The Morgan fingerprint density at radius 3 is 2.74 bits per heavy atom. The predicted molar refractivity (Wildman–Crippen MR) is 78.7 cm³/mol. The fourth-order valence-electron chi connectivity index (χ4n) is 2.84. The Morgan fingerprint density at radius 2 is 2.16 bits per heavy atom. The topological polar surface area (TPSA) is 40.5 Å². The lowest BCUT2D eigenvalue weighted by Gasteiger charge is -2.33. The molecule has 1 fully saturated rings. The molecule has 1 aliphatic rings. The Bertz CT molecular complexity index is 410. The molecule has 0 atom stereocenters. The van der Waals surface area contributed by atoms with Gasteiger partial charge in [-0.25, -0.2) is 0 Å². The van der Waals surface area contributed by atoms with Crippen molar-refractivity contribution < 1.29 is 9.90 Å². The van der Waals surface area contributed by atoms with Gasteiger partial charge in [-0.05, 0) is 36.8 Å². The summed E-state index contributed by atoms with van der Waals surface area (Å²) in [6.07, 6.45) is 6.42. The summed E-state index contributed by atoms with van der Waals surface area (Å²) in [5.74, 6) is 0.141. The molecule has 19 heavy (non-hydrogen) atoms. The minimum atomic E-state index is 0.141. The second kappa shape index (κ2) is 7.17. The molecule has 2 rings (SSSR count). The van der Waals surface area contributed by atoms with Crippen molar-refractivity contribution in [3.05, 3.63) is 21.9 Å². The lowest BCUT2D eigenvalue weighted by Crippen LogP contribution is -2.38. The predicted octanol–water partition coefficient (Wildman–Crippen LogP) is 3.08. The van der Waals surface area contributed by atoms with Crippen molar-refractivity contribution in [1.29, 1.82) is 0 Å². The van der Waals surface area contributed by atoms with Gasteiger partial charge in [0.05, 0.1) is 11.5 Å². The highest BCUT2D eigenvalue weighted by molar-refractivity contribution is 7.12. The van der Waals surface area contributed by atoms with Crippen molar-refractivity contribution in [3.8, 4) is 0 Å². The summed E-state index contributed by atoms with van der Waals surface area (Å²) in [5, 5.41) is 11.3. The number of rotatable bonds is 6. The van der Waals surface area contributed by atoms with Crippen LogP contribution in [0, 0.1) is 0 Å². The Kier molecular flexibility index (Phi) is 5.55. The normalized spacial score (nSPS) is 17.0. The summed E-state index contributed by atoms with van der Waals surface area (Å²) >= 11 is 1.53. The summed E-state index contributed by atoms with van der Waals surface area (Å²) in [5.41, 5.74) is 1.20. The van der Waals surface area contributed by atoms with Crippen LogP contribution in [0.4, 0.5) is 0 Å². The van der Waals surface area contributed by atoms with Gasteiger partial charge < -0.3 is 5.11 Å². The summed E-state index contributed by atoms with van der Waals surface area (Å²) in [4.78, 5) is 14.5. The van der Waals surface area contributed by atoms with E-state index in [4.69, 9.17) is 0 Å². The highest BCUT2D eigenvalue weighted by Crippen LogP contribution is 2.25. The maximum atomic E-state index is 11.3. The van der Waals surface area contributed by atoms with Crippen LogP contribution in [0.2, 0.25) is 0 Å². The average Bonchev–Trinajstić information content (AvgIpc) is 2.88. The number of carbonyl (C=O) groups excluding carboxylic acids is 1. The fraction of sp³-hybridized carbons (Fsp3) is 0.667. The van der Waals surface area contributed by atoms with E-state index in [9.17, 15) is 9.90 Å². The van der Waals surface area contributed by atoms with Gasteiger partial charge in [0.2, 0.25) is 0 Å². The van der Waals surface area contributed by atoms with Crippen molar-refractivity contribution in [3.63, 3.8) is 0 Å². The highest BCUT2D eigenvalue weighted by atomic mass is 32.1. The first-order valence-electron chi connectivity index (χ1n) is 7.14. The first-order chi connectivity index (χ1) is 9.20. The van der Waals surface area contributed by atoms with Crippen LogP contribution in [-0.2, 0) is 6.54 Å². The highest BCUT2D eigenvalue weighted by Gasteiger charge is 2.21. The van der Waals surface area contributed by atoms with Crippen molar-refractivity contribution in [1.82, 2.24) is 4.90 Å². The van der Waals surface area contributed by atoms with Gasteiger partial charge in [0.1, 0.15) is 0 Å². The minimum absolute atomic E-state index is 0.141. The summed E-state index contributed by atoms with van der Waals surface area (Å²) in [6, 6.07) is 2.60. The van der Waals surface area contributed by atoms with Gasteiger partial charge in [-0.3, -0.25) is 9.69 Å². The zero-order chi connectivity index (χ0) is 13.7. The maximum absolute atomic E-state index is 11.3. The van der Waals surface area contributed by atoms with Crippen LogP contribution in [0.1, 0.15) is 54.3 Å². The lowest BCUT2D eigenvalue weighted by molar-refractivity contribution is 0.102. The molecule has 0 saturated heterocycles. The molecule has 1 aromatic heterocycles. The fourth-order valence-corrected chi connectivity index (χ4v) is 3.65. The number of thiophene rings is 1. The molecule has 4 heteroatoms. The van der Waals surface area contributed by atoms with Crippen LogP contribution in [0.3, 0.4) is 0 Å². The SMILES string of the molecule is CC(=O)c1cc(CN(CCO)C2CCCCC2)cs1. The van der Waals surface area contributed by atoms with Gasteiger partial charge in [0.25, 0.3) is 0 Å². The average molecular weight is 281 g/mol. The van der Waals surface area contributed by atoms with Crippen molar-refractivity contribution in [2.45, 2.75) is 51.6 Å². The maximum Gasteiger partial charge on any atom is 0.169 e. The number of aliphatic hydroxyl groups excluding tert-OH is 1. The van der Waals surface area contributed by atoms with E-state index in [-0.39, 0.29) is 12.4 Å². The van der Waals surface area contributed by atoms with Crippen LogP contribution in [-0.4, -0.2) is 35.0 Å². The molecule has 106 valence electrons. The zero-order valence-corrected chi connectivity index (χ0v) is 12.4. The number of hydrogen-bond acceptors (Lipinski definition) is 4. The molecule has 0 amide bonds. The van der Waals surface area contributed by atoms with Gasteiger partial charge in [-0.2, -0.15) is 0 Å². The number of Topliss-reactive ketones (excluding diaryl/α,β-unsaturated/α-hetero) is 1. The molecular formula is C15H23NO2S. The molecule has 0 aromatic carbocycles. The molecule has 0 spiro atoms. The van der Waals surface area contributed by atoms with Crippen LogP contribution >= 0.6 is 11.3 Å². The third-order valence-corrected chi connectivity index (χ3v) is 4.94. The Labute approximate surface area is 119 Å². The van der Waals surface area contributed by atoms with Crippen LogP contribution in [0.15, 0.2) is 11.4 Å². The number of ketones is 1. The van der Waals surface area contributed by atoms with E-state index >= 15 is 0 Å². The first-order valence-corrected chi connectivity index (χ1v) is 8.02. The third kappa shape index (κ3) is 4.13. The van der Waals surface area contributed by atoms with E-state index < -0.39 is 0 Å². The van der Waals surface area contributed by atoms with Gasteiger partial charge >= 0.3 is 0 Å². The Morgan fingerprint density at radius 1 is 1.42 bits per heavy atom. The number of aliphatic hydroxyl groups is 1. The van der Waals surface area contributed by atoms with Gasteiger partial charge in [-0.1, -0.05) is 19.3 Å². The standard InChI is InChI=1S/C15H23NO2S/c1-12(18)15-9-13(11-19-15)10-16(7-8-17)14-5-3-2-4-6-14/h9,11,14,17H,2-8,10H2,1H3. The summed E-state index contributed by atoms with van der Waals surface area (Å²) in [7, 11) is 0. The van der Waals surface area contributed by atoms with E-state index in [1.165, 1.54) is 49.0 Å². The largest absolute Gasteiger partial charge is 0.395 e. The van der Waals surface area contributed by atoms with Gasteiger partial charge in [0.15, 0.2) is 5.78 Å². The summed E-state index contributed by atoms with van der Waals surface area (Å²) < 4.78 is 0. The molecule has 3 nitrogen and oxygen atoms in total. The van der Waals surface area contributed by atoms with Gasteiger partial charge in [-0.15, -0.1) is 11.3 Å². The first kappa shape index (κ1) is 14.7. The van der Waals surface area contributed by atoms with Crippen LogP contribution in [0.5, 0.6) is 0 Å². The molecule has 0 unspecified atom stereocenters. The Balaban J connectivity index is 2.00. The van der Waals surface area contributed by atoms with E-state index in [0.29, 0.717) is 6.04 Å². The molecule has 1 aliphatic carbocycles. The molecule has 1 heterocycles. The van der Waals surface area contributed by atoms with E-state index in [1.54, 1.807) is 6.92 Å². The summed E-state index contributed by atoms with van der Waals surface area (Å²) in [6.45, 7) is 3.41. The van der Waals surface area contributed by atoms with Crippen LogP contribution in [0.25, 0.3) is 0 Å². The Hall–Kier alpha value is -0.710. The van der Waals surface area contributed by atoms with E-state index in [2.05, 4.69) is 10.3 Å². The quantitative estimate of drug-likeness (QED) is 0.815. The number of carbonyl (C=O) groups is 1. The molecule has 1 aromatic rings. The number of nitrogens with zero attached hydrogens (tertiary/aromatic N) is 1. The molecular weight excluding hydrogens is 258 g/mol. The molecule has 1 N–H and O–H groups in total. The number of hydrogen-bond donors (Lipinski definition) is 1. The molecule has 1 saturated carbocycles. The van der Waals surface area contributed by atoms with Gasteiger partial charge in [0, 0.05) is 19.1 Å². The van der Waals surface area contributed by atoms with Crippen LogP contribution < -0.4 is 0 Å². The monoisotopic (exact) mass is 281 g/mol. The van der Waals surface area contributed by atoms with Crippen molar-refractivity contribution >= 4 is 17.1 Å². The second-order valence-electron chi connectivity index (χ2n) is 5.36. The minimum Gasteiger partial charge on any atom is -0.395 e. The molecule has 0 bridgehead atoms.